The first-order chi connectivity index (χ1) is 12.5. The Labute approximate surface area is 149 Å². The topological polar surface area (TPSA) is 111 Å². The number of non-ortho nitro benzene ring substituents is 1. The average molecular weight is 355 g/mol. The van der Waals surface area contributed by atoms with E-state index < -0.39 is 4.92 Å². The molecule has 2 N–H and O–H groups in total. The minimum Gasteiger partial charge on any atom is -0.497 e. The van der Waals surface area contributed by atoms with Gasteiger partial charge in [-0.2, -0.15) is 0 Å². The van der Waals surface area contributed by atoms with E-state index in [4.69, 9.17) is 4.74 Å². The lowest BCUT2D eigenvalue weighted by Gasteiger charge is -2.04. The fourth-order valence-corrected chi connectivity index (χ4v) is 2.06. The minimum atomic E-state index is -0.504. The number of hydrazine groups is 1. The molecular weight excluding hydrogens is 338 g/mol. The van der Waals surface area contributed by atoms with E-state index in [1.54, 1.807) is 31.4 Å². The molecule has 8 heteroatoms. The van der Waals surface area contributed by atoms with E-state index in [-0.39, 0.29) is 23.8 Å². The molecule has 0 atom stereocenters. The van der Waals surface area contributed by atoms with Gasteiger partial charge in [-0.05, 0) is 29.8 Å². The molecule has 2 rings (SSSR count). The number of hydrogen-bond donors (Lipinski definition) is 2. The number of methoxy groups -OCH3 is 1. The van der Waals surface area contributed by atoms with Gasteiger partial charge < -0.3 is 10.2 Å². The van der Waals surface area contributed by atoms with E-state index in [9.17, 15) is 19.7 Å². The Hall–Kier alpha value is -3.68. The molecule has 8 nitrogen and oxygen atoms in total. The van der Waals surface area contributed by atoms with Crippen molar-refractivity contribution < 1.29 is 19.2 Å². The average Bonchev–Trinajstić information content (AvgIpc) is 2.65. The summed E-state index contributed by atoms with van der Waals surface area (Å²) in [4.78, 5) is 33.8. The normalized spacial score (nSPS) is 10.3. The van der Waals surface area contributed by atoms with Gasteiger partial charge in [-0.3, -0.25) is 25.1 Å². The number of carbonyl (C=O) groups is 2. The van der Waals surface area contributed by atoms with Gasteiger partial charge in [0.2, 0.25) is 5.91 Å². The van der Waals surface area contributed by atoms with Gasteiger partial charge in [0.05, 0.1) is 18.5 Å². The second-order valence-electron chi connectivity index (χ2n) is 5.22. The maximum Gasteiger partial charge on any atom is 0.269 e. The van der Waals surface area contributed by atoms with Gasteiger partial charge in [-0.25, -0.2) is 0 Å². The zero-order valence-corrected chi connectivity index (χ0v) is 14.0. The van der Waals surface area contributed by atoms with E-state index in [0.29, 0.717) is 16.9 Å². The highest BCUT2D eigenvalue weighted by molar-refractivity contribution is 6.04. The van der Waals surface area contributed by atoms with Crippen LogP contribution in [0.4, 0.5) is 5.69 Å². The van der Waals surface area contributed by atoms with E-state index in [2.05, 4.69) is 10.9 Å². The number of amides is 1. The number of hydrogen-bond acceptors (Lipinski definition) is 6. The predicted octanol–water partition coefficient (Wildman–Crippen LogP) is 2.16. The number of nitro groups is 1. The summed E-state index contributed by atoms with van der Waals surface area (Å²) in [5, 5.41) is 10.6. The van der Waals surface area contributed by atoms with Crippen LogP contribution in [0.3, 0.4) is 0 Å². The molecule has 0 aromatic heterocycles. The van der Waals surface area contributed by atoms with Crippen LogP contribution < -0.4 is 15.6 Å². The van der Waals surface area contributed by atoms with Crippen LogP contribution in [-0.4, -0.2) is 23.7 Å². The highest BCUT2D eigenvalue weighted by Gasteiger charge is 2.07. The van der Waals surface area contributed by atoms with E-state index in [1.807, 2.05) is 0 Å². The van der Waals surface area contributed by atoms with Crippen molar-refractivity contribution in [2.75, 3.05) is 7.11 Å². The maximum atomic E-state index is 11.9. The van der Waals surface area contributed by atoms with Crippen molar-refractivity contribution in [2.45, 2.75) is 6.42 Å². The molecule has 26 heavy (non-hydrogen) atoms. The Morgan fingerprint density at radius 1 is 1.12 bits per heavy atom. The lowest BCUT2D eigenvalue weighted by molar-refractivity contribution is -0.384. The van der Waals surface area contributed by atoms with Gasteiger partial charge in [0, 0.05) is 30.0 Å². The van der Waals surface area contributed by atoms with Crippen molar-refractivity contribution in [3.63, 3.8) is 0 Å². The van der Waals surface area contributed by atoms with Crippen LogP contribution in [0.15, 0.2) is 60.8 Å². The third-order valence-corrected chi connectivity index (χ3v) is 3.42. The molecule has 2 aromatic carbocycles. The first-order valence-electron chi connectivity index (χ1n) is 7.62. The summed E-state index contributed by atoms with van der Waals surface area (Å²) in [6.07, 6.45) is 2.65. The zero-order valence-electron chi connectivity index (χ0n) is 14.0. The molecule has 0 spiro atoms. The van der Waals surface area contributed by atoms with Gasteiger partial charge in [0.15, 0.2) is 5.78 Å². The molecule has 0 fully saturated rings. The second-order valence-corrected chi connectivity index (χ2v) is 5.22. The summed E-state index contributed by atoms with van der Waals surface area (Å²) in [7, 11) is 1.54. The summed E-state index contributed by atoms with van der Waals surface area (Å²) >= 11 is 0. The summed E-state index contributed by atoms with van der Waals surface area (Å²) in [5.74, 6) is 0.0762. The quantitative estimate of drug-likeness (QED) is 0.325. The van der Waals surface area contributed by atoms with Crippen LogP contribution in [0, 0.1) is 10.1 Å². The number of nitrogens with zero attached hydrogens (tertiary/aromatic N) is 1. The fourth-order valence-electron chi connectivity index (χ4n) is 2.06. The number of carbonyl (C=O) groups excluding carboxylic acids is 2. The van der Waals surface area contributed by atoms with Gasteiger partial charge in [-0.1, -0.05) is 12.1 Å². The number of nitro benzene ring substituents is 1. The molecule has 0 aliphatic heterocycles. The lowest BCUT2D eigenvalue weighted by atomic mass is 10.1. The van der Waals surface area contributed by atoms with E-state index >= 15 is 0 Å². The molecule has 2 aromatic rings. The number of nitrogens with one attached hydrogen (secondary N) is 2. The zero-order chi connectivity index (χ0) is 18.9. The highest BCUT2D eigenvalue weighted by Crippen LogP contribution is 2.12. The van der Waals surface area contributed by atoms with Gasteiger partial charge in [0.25, 0.3) is 5.69 Å². The number of ether oxygens (including phenoxy) is 1. The molecular formula is C18H17N3O5. The third-order valence-electron chi connectivity index (χ3n) is 3.42. The predicted molar refractivity (Wildman–Crippen MR) is 94.5 cm³/mol. The largest absolute Gasteiger partial charge is 0.497 e. The van der Waals surface area contributed by atoms with Crippen molar-refractivity contribution in [1.29, 1.82) is 0 Å². The highest BCUT2D eigenvalue weighted by atomic mass is 16.6. The fraction of sp³-hybridized carbons (Fsp3) is 0.111. The van der Waals surface area contributed by atoms with Crippen molar-refractivity contribution in [2.24, 2.45) is 0 Å². The second kappa shape index (κ2) is 8.97. The Morgan fingerprint density at radius 2 is 1.77 bits per heavy atom. The number of allylic oxidation sites excluding steroid dienone is 1. The van der Waals surface area contributed by atoms with E-state index in [0.717, 1.165) is 0 Å². The molecule has 0 radical (unpaired) electrons. The lowest BCUT2D eigenvalue weighted by Crippen LogP contribution is -2.34. The van der Waals surface area contributed by atoms with Crippen molar-refractivity contribution >= 4 is 17.4 Å². The third kappa shape index (κ3) is 5.45. The Morgan fingerprint density at radius 3 is 2.35 bits per heavy atom. The van der Waals surface area contributed by atoms with Gasteiger partial charge >= 0.3 is 0 Å². The monoisotopic (exact) mass is 355 g/mol. The van der Waals surface area contributed by atoms with Crippen LogP contribution in [0.1, 0.15) is 15.9 Å². The van der Waals surface area contributed by atoms with Crippen LogP contribution >= 0.6 is 0 Å². The molecule has 134 valence electrons. The van der Waals surface area contributed by atoms with Crippen LogP contribution in [0.25, 0.3) is 0 Å². The van der Waals surface area contributed by atoms with Gasteiger partial charge in [-0.15, -0.1) is 0 Å². The van der Waals surface area contributed by atoms with Crippen molar-refractivity contribution in [1.82, 2.24) is 10.9 Å². The molecule has 0 saturated heterocycles. The minimum absolute atomic E-state index is 0.0349. The van der Waals surface area contributed by atoms with Crippen LogP contribution in [0.2, 0.25) is 0 Å². The summed E-state index contributed by atoms with van der Waals surface area (Å²) in [6, 6.07) is 12.3. The van der Waals surface area contributed by atoms with Crippen LogP contribution in [0.5, 0.6) is 5.75 Å². The first kappa shape index (κ1) is 18.7. The molecule has 0 heterocycles. The molecule has 0 aliphatic carbocycles. The first-order valence-corrected chi connectivity index (χ1v) is 7.62. The Balaban J connectivity index is 1.78. The number of rotatable bonds is 8. The molecule has 0 bridgehead atoms. The Kier molecular flexibility index (Phi) is 6.44. The molecule has 0 saturated carbocycles. The number of ketones is 1. The Bertz CT molecular complexity index is 814. The van der Waals surface area contributed by atoms with E-state index in [1.165, 1.54) is 36.5 Å². The molecule has 0 aliphatic rings. The summed E-state index contributed by atoms with van der Waals surface area (Å²) in [5.41, 5.74) is 6.02. The summed E-state index contributed by atoms with van der Waals surface area (Å²) in [6.45, 7) is 0. The molecule has 1 amide bonds. The SMILES string of the molecule is COc1ccc(C(=O)C=CNNC(=O)Cc2ccc([N+](=O)[O-])cc2)cc1. The smallest absolute Gasteiger partial charge is 0.269 e. The standard InChI is InChI=1S/C18H17N3O5/c1-26-16-8-4-14(5-9-16)17(22)10-11-19-20-18(23)12-13-2-6-15(7-3-13)21(24)25/h2-11,19H,12H2,1H3,(H,20,23). The molecule has 0 unspecified atom stereocenters. The number of benzene rings is 2. The summed E-state index contributed by atoms with van der Waals surface area (Å²) < 4.78 is 5.02. The van der Waals surface area contributed by atoms with Crippen molar-refractivity contribution in [3.8, 4) is 5.75 Å². The van der Waals surface area contributed by atoms with Crippen molar-refractivity contribution in [3.05, 3.63) is 82.0 Å². The van der Waals surface area contributed by atoms with Gasteiger partial charge in [0.1, 0.15) is 5.75 Å². The van der Waals surface area contributed by atoms with Crippen LogP contribution in [-0.2, 0) is 11.2 Å². The maximum absolute atomic E-state index is 11.9.